The lowest BCUT2D eigenvalue weighted by atomic mass is 10.1. The third-order valence-electron chi connectivity index (χ3n) is 2.16. The highest BCUT2D eigenvalue weighted by Gasteiger charge is 2.19. The molecule has 0 saturated heterocycles. The second-order valence-corrected chi connectivity index (χ2v) is 3.79. The monoisotopic (exact) mass is 268 g/mol. The van der Waals surface area contributed by atoms with Crippen molar-refractivity contribution < 1.29 is 23.5 Å². The summed E-state index contributed by atoms with van der Waals surface area (Å²) in [6.45, 7) is 1.29. The molecular weight excluding hydrogens is 255 g/mol. The molecule has 0 heterocycles. The molecule has 102 valence electrons. The van der Waals surface area contributed by atoms with Crippen LogP contribution in [0, 0.1) is 5.82 Å². The highest BCUT2D eigenvalue weighted by atomic mass is 19.1. The minimum atomic E-state index is -1.16. The lowest BCUT2D eigenvalue weighted by Crippen LogP contribution is -2.42. The SMILES string of the molecule is C[C@H](OC(=O)Cc1cccc(F)c1)C(=O)NC(N)=O. The molecule has 1 rings (SSSR count). The summed E-state index contributed by atoms with van der Waals surface area (Å²) in [5.74, 6) is -2.00. The fraction of sp³-hybridized carbons (Fsp3) is 0.250. The number of rotatable bonds is 4. The van der Waals surface area contributed by atoms with Crippen molar-refractivity contribution in [2.45, 2.75) is 19.4 Å². The summed E-state index contributed by atoms with van der Waals surface area (Å²) in [4.78, 5) is 33.2. The van der Waals surface area contributed by atoms with Crippen LogP contribution in [0.1, 0.15) is 12.5 Å². The highest BCUT2D eigenvalue weighted by Crippen LogP contribution is 2.06. The van der Waals surface area contributed by atoms with Crippen molar-refractivity contribution in [2.75, 3.05) is 0 Å². The van der Waals surface area contributed by atoms with E-state index in [1.807, 2.05) is 0 Å². The summed E-state index contributed by atoms with van der Waals surface area (Å²) in [5.41, 5.74) is 5.17. The van der Waals surface area contributed by atoms with Crippen LogP contribution in [0.25, 0.3) is 0 Å². The van der Waals surface area contributed by atoms with E-state index in [-0.39, 0.29) is 6.42 Å². The maximum atomic E-state index is 12.9. The number of halogens is 1. The molecule has 19 heavy (non-hydrogen) atoms. The zero-order chi connectivity index (χ0) is 14.4. The lowest BCUT2D eigenvalue weighted by molar-refractivity contribution is -0.153. The summed E-state index contributed by atoms with van der Waals surface area (Å²) in [6, 6.07) is 4.42. The molecule has 1 aromatic carbocycles. The first-order valence-electron chi connectivity index (χ1n) is 5.42. The Morgan fingerprint density at radius 1 is 1.42 bits per heavy atom. The van der Waals surface area contributed by atoms with E-state index in [1.54, 1.807) is 11.4 Å². The van der Waals surface area contributed by atoms with Gasteiger partial charge in [-0.2, -0.15) is 0 Å². The third-order valence-corrected chi connectivity index (χ3v) is 2.16. The summed E-state index contributed by atoms with van der Waals surface area (Å²) in [7, 11) is 0. The van der Waals surface area contributed by atoms with Crippen LogP contribution >= 0.6 is 0 Å². The van der Waals surface area contributed by atoms with E-state index in [0.29, 0.717) is 5.56 Å². The number of hydrogen-bond donors (Lipinski definition) is 2. The molecule has 3 amide bonds. The molecule has 0 radical (unpaired) electrons. The summed E-state index contributed by atoms with van der Waals surface area (Å²) < 4.78 is 17.7. The number of carbonyl (C=O) groups is 3. The number of benzene rings is 1. The molecule has 7 heteroatoms. The molecule has 1 aromatic rings. The van der Waals surface area contributed by atoms with Gasteiger partial charge in [-0.15, -0.1) is 0 Å². The van der Waals surface area contributed by atoms with E-state index >= 15 is 0 Å². The van der Waals surface area contributed by atoms with Gasteiger partial charge in [0.1, 0.15) is 5.82 Å². The van der Waals surface area contributed by atoms with Crippen molar-refractivity contribution in [1.82, 2.24) is 5.32 Å². The second kappa shape index (κ2) is 6.48. The number of ether oxygens (including phenoxy) is 1. The Morgan fingerprint density at radius 3 is 2.68 bits per heavy atom. The van der Waals surface area contributed by atoms with Gasteiger partial charge in [-0.3, -0.25) is 14.9 Å². The Balaban J connectivity index is 2.51. The maximum absolute atomic E-state index is 12.9. The number of urea groups is 1. The van der Waals surface area contributed by atoms with Crippen molar-refractivity contribution in [1.29, 1.82) is 0 Å². The number of esters is 1. The normalized spacial score (nSPS) is 11.5. The smallest absolute Gasteiger partial charge is 0.318 e. The van der Waals surface area contributed by atoms with Crippen molar-refractivity contribution >= 4 is 17.9 Å². The van der Waals surface area contributed by atoms with Crippen LogP contribution in [0.3, 0.4) is 0 Å². The Labute approximate surface area is 108 Å². The average Bonchev–Trinajstić information content (AvgIpc) is 2.27. The molecule has 0 aliphatic heterocycles. The minimum absolute atomic E-state index is 0.175. The number of amides is 3. The van der Waals surface area contributed by atoms with Crippen LogP contribution in [0.15, 0.2) is 24.3 Å². The van der Waals surface area contributed by atoms with Crippen molar-refractivity contribution in [2.24, 2.45) is 5.73 Å². The standard InChI is InChI=1S/C12H13FN2O4/c1-7(11(17)15-12(14)18)19-10(16)6-8-3-2-4-9(13)5-8/h2-5,7H,6H2,1H3,(H3,14,15,17,18)/t7-/m0/s1. The van der Waals surface area contributed by atoms with Gasteiger partial charge in [0.05, 0.1) is 6.42 Å². The van der Waals surface area contributed by atoms with E-state index < -0.39 is 29.8 Å². The zero-order valence-corrected chi connectivity index (χ0v) is 10.2. The quantitative estimate of drug-likeness (QED) is 0.776. The topological polar surface area (TPSA) is 98.5 Å². The Kier molecular flexibility index (Phi) is 4.99. The molecule has 3 N–H and O–H groups in total. The summed E-state index contributed by atoms with van der Waals surface area (Å²) in [5, 5.41) is 1.78. The molecule has 0 aliphatic rings. The van der Waals surface area contributed by atoms with Gasteiger partial charge in [0, 0.05) is 0 Å². The molecule has 0 aliphatic carbocycles. The zero-order valence-electron chi connectivity index (χ0n) is 10.2. The molecule has 0 bridgehead atoms. The average molecular weight is 268 g/mol. The fourth-order valence-corrected chi connectivity index (χ4v) is 1.33. The molecule has 0 saturated carbocycles. The fourth-order valence-electron chi connectivity index (χ4n) is 1.33. The number of nitrogens with two attached hydrogens (primary N) is 1. The number of hydrogen-bond acceptors (Lipinski definition) is 4. The van der Waals surface area contributed by atoms with Crippen LogP contribution in [-0.4, -0.2) is 24.0 Å². The van der Waals surface area contributed by atoms with E-state index in [4.69, 9.17) is 10.5 Å². The van der Waals surface area contributed by atoms with Gasteiger partial charge in [0.2, 0.25) is 0 Å². The van der Waals surface area contributed by atoms with Gasteiger partial charge in [-0.25, -0.2) is 9.18 Å². The van der Waals surface area contributed by atoms with Crippen molar-refractivity contribution in [3.63, 3.8) is 0 Å². The van der Waals surface area contributed by atoms with E-state index in [0.717, 1.165) is 0 Å². The molecular formula is C12H13FN2O4. The lowest BCUT2D eigenvalue weighted by Gasteiger charge is -2.11. The molecule has 0 unspecified atom stereocenters. The van der Waals surface area contributed by atoms with Crippen LogP contribution in [0.5, 0.6) is 0 Å². The van der Waals surface area contributed by atoms with Gasteiger partial charge in [-0.05, 0) is 24.6 Å². The van der Waals surface area contributed by atoms with Gasteiger partial charge in [-0.1, -0.05) is 12.1 Å². The number of imide groups is 1. The number of nitrogens with one attached hydrogen (secondary N) is 1. The molecule has 0 fully saturated rings. The van der Waals surface area contributed by atoms with Gasteiger partial charge >= 0.3 is 12.0 Å². The third kappa shape index (κ3) is 5.15. The molecule has 6 nitrogen and oxygen atoms in total. The van der Waals surface area contributed by atoms with Crippen molar-refractivity contribution in [3.8, 4) is 0 Å². The van der Waals surface area contributed by atoms with E-state index in [9.17, 15) is 18.8 Å². The van der Waals surface area contributed by atoms with Gasteiger partial charge < -0.3 is 10.5 Å². The van der Waals surface area contributed by atoms with E-state index in [1.165, 1.54) is 25.1 Å². The highest BCUT2D eigenvalue weighted by molar-refractivity contribution is 5.96. The van der Waals surface area contributed by atoms with Crippen LogP contribution in [0.4, 0.5) is 9.18 Å². The molecule has 1 atom stereocenters. The van der Waals surface area contributed by atoms with Crippen LogP contribution in [0.2, 0.25) is 0 Å². The first-order chi connectivity index (χ1) is 8.88. The summed E-state index contributed by atoms with van der Waals surface area (Å²) >= 11 is 0. The summed E-state index contributed by atoms with van der Waals surface area (Å²) in [6.07, 6.45) is -1.33. The first kappa shape index (κ1) is 14.6. The Morgan fingerprint density at radius 2 is 2.11 bits per heavy atom. The minimum Gasteiger partial charge on any atom is -0.452 e. The van der Waals surface area contributed by atoms with Crippen LogP contribution < -0.4 is 11.1 Å². The van der Waals surface area contributed by atoms with Gasteiger partial charge in [0.25, 0.3) is 5.91 Å². The predicted octanol–water partition coefficient (Wildman–Crippen LogP) is 0.495. The Hall–Kier alpha value is -2.44. The van der Waals surface area contributed by atoms with Crippen molar-refractivity contribution in [3.05, 3.63) is 35.6 Å². The van der Waals surface area contributed by atoms with Gasteiger partial charge in [0.15, 0.2) is 6.10 Å². The largest absolute Gasteiger partial charge is 0.452 e. The maximum Gasteiger partial charge on any atom is 0.318 e. The number of primary amides is 1. The van der Waals surface area contributed by atoms with Crippen LogP contribution in [-0.2, 0) is 20.7 Å². The molecule has 0 aromatic heterocycles. The van der Waals surface area contributed by atoms with E-state index in [2.05, 4.69) is 0 Å². The predicted molar refractivity (Wildman–Crippen MR) is 63.4 cm³/mol. The molecule has 0 spiro atoms. The second-order valence-electron chi connectivity index (χ2n) is 3.79. The Bertz CT molecular complexity index is 504. The first-order valence-corrected chi connectivity index (χ1v) is 5.42. The number of carbonyl (C=O) groups excluding carboxylic acids is 3.